The highest BCUT2D eigenvalue weighted by Gasteiger charge is 2.06. The van der Waals surface area contributed by atoms with Crippen molar-refractivity contribution in [3.05, 3.63) is 30.1 Å². The lowest BCUT2D eigenvalue weighted by Gasteiger charge is -2.04. The van der Waals surface area contributed by atoms with E-state index in [9.17, 15) is 4.79 Å². The molecule has 0 aliphatic heterocycles. The Morgan fingerprint density at radius 2 is 2.18 bits per heavy atom. The summed E-state index contributed by atoms with van der Waals surface area (Å²) in [5.41, 5.74) is 1.93. The van der Waals surface area contributed by atoms with Crippen molar-refractivity contribution in [1.29, 1.82) is 0 Å². The molecule has 4 heteroatoms. The molecule has 90 valence electrons. The van der Waals surface area contributed by atoms with Crippen LogP contribution in [0.2, 0.25) is 0 Å². The zero-order chi connectivity index (χ0) is 12.3. The second-order valence-electron chi connectivity index (χ2n) is 4.58. The summed E-state index contributed by atoms with van der Waals surface area (Å²) in [5.74, 6) is 1.24. The molecular formula is C13H17N3O. The zero-order valence-electron chi connectivity index (χ0n) is 10.2. The van der Waals surface area contributed by atoms with Gasteiger partial charge in [-0.2, -0.15) is 0 Å². The van der Waals surface area contributed by atoms with Crippen molar-refractivity contribution in [3.8, 4) is 0 Å². The first-order chi connectivity index (χ1) is 8.15. The van der Waals surface area contributed by atoms with Crippen molar-refractivity contribution in [1.82, 2.24) is 15.3 Å². The van der Waals surface area contributed by atoms with Gasteiger partial charge in [0.25, 0.3) is 0 Å². The van der Waals surface area contributed by atoms with Gasteiger partial charge in [0.1, 0.15) is 5.82 Å². The largest absolute Gasteiger partial charge is 0.349 e. The van der Waals surface area contributed by atoms with Crippen molar-refractivity contribution >= 4 is 16.9 Å². The normalized spacial score (nSPS) is 11.0. The summed E-state index contributed by atoms with van der Waals surface area (Å²) in [6.45, 7) is 4.52. The fraction of sp³-hybridized carbons (Fsp3) is 0.385. The lowest BCUT2D eigenvalue weighted by molar-refractivity contribution is -0.121. The Morgan fingerprint density at radius 1 is 1.41 bits per heavy atom. The molecule has 0 saturated heterocycles. The van der Waals surface area contributed by atoms with Crippen LogP contribution in [0.5, 0.6) is 0 Å². The number of benzene rings is 1. The molecule has 0 saturated carbocycles. The Bertz CT molecular complexity index is 483. The molecule has 17 heavy (non-hydrogen) atoms. The second-order valence-corrected chi connectivity index (χ2v) is 4.58. The van der Waals surface area contributed by atoms with Gasteiger partial charge in [-0.05, 0) is 18.1 Å². The molecule has 1 heterocycles. The van der Waals surface area contributed by atoms with E-state index in [1.165, 1.54) is 0 Å². The summed E-state index contributed by atoms with van der Waals surface area (Å²) >= 11 is 0. The third-order valence-electron chi connectivity index (χ3n) is 2.49. The number of aromatic amines is 1. The van der Waals surface area contributed by atoms with E-state index in [2.05, 4.69) is 15.3 Å². The molecule has 4 nitrogen and oxygen atoms in total. The summed E-state index contributed by atoms with van der Waals surface area (Å²) in [5, 5.41) is 2.86. The molecule has 0 bridgehead atoms. The Kier molecular flexibility index (Phi) is 3.42. The molecule has 2 rings (SSSR count). The topological polar surface area (TPSA) is 57.8 Å². The van der Waals surface area contributed by atoms with Gasteiger partial charge in [-0.15, -0.1) is 0 Å². The number of nitrogens with zero attached hydrogens (tertiary/aromatic N) is 1. The molecule has 1 amide bonds. The Labute approximate surface area is 100 Å². The van der Waals surface area contributed by atoms with Crippen LogP contribution in [-0.2, 0) is 11.3 Å². The van der Waals surface area contributed by atoms with Crippen molar-refractivity contribution in [2.45, 2.75) is 26.8 Å². The fourth-order valence-electron chi connectivity index (χ4n) is 1.71. The molecule has 0 aliphatic rings. The van der Waals surface area contributed by atoms with E-state index in [1.54, 1.807) is 0 Å². The molecule has 0 aliphatic carbocycles. The number of hydrogen-bond acceptors (Lipinski definition) is 2. The molecule has 0 unspecified atom stereocenters. The van der Waals surface area contributed by atoms with E-state index in [4.69, 9.17) is 0 Å². The quantitative estimate of drug-likeness (QED) is 0.847. The predicted molar refractivity (Wildman–Crippen MR) is 67.4 cm³/mol. The molecular weight excluding hydrogens is 214 g/mol. The fourth-order valence-corrected chi connectivity index (χ4v) is 1.71. The van der Waals surface area contributed by atoms with Gasteiger partial charge in [-0.3, -0.25) is 4.79 Å². The van der Waals surface area contributed by atoms with Gasteiger partial charge in [0.05, 0.1) is 17.6 Å². The zero-order valence-corrected chi connectivity index (χ0v) is 10.2. The van der Waals surface area contributed by atoms with E-state index in [-0.39, 0.29) is 5.91 Å². The van der Waals surface area contributed by atoms with Crippen LogP contribution >= 0.6 is 0 Å². The lowest BCUT2D eigenvalue weighted by atomic mass is 10.1. The molecule has 0 radical (unpaired) electrons. The third-order valence-corrected chi connectivity index (χ3v) is 2.49. The maximum absolute atomic E-state index is 11.5. The standard InChI is InChI=1S/C13H17N3O/c1-9(2)7-13(17)14-8-12-15-10-5-3-4-6-11(10)16-12/h3-6,9H,7-8H2,1-2H3,(H,14,17)(H,15,16). The molecule has 1 aromatic heterocycles. The van der Waals surface area contributed by atoms with Crippen LogP contribution in [-0.4, -0.2) is 15.9 Å². The van der Waals surface area contributed by atoms with Crippen LogP contribution in [0.25, 0.3) is 11.0 Å². The van der Waals surface area contributed by atoms with Crippen molar-refractivity contribution in [3.63, 3.8) is 0 Å². The summed E-state index contributed by atoms with van der Waals surface area (Å²) in [4.78, 5) is 19.1. The van der Waals surface area contributed by atoms with Crippen LogP contribution in [0, 0.1) is 5.92 Å². The van der Waals surface area contributed by atoms with E-state index in [0.717, 1.165) is 16.9 Å². The number of rotatable bonds is 4. The average molecular weight is 231 g/mol. The van der Waals surface area contributed by atoms with Crippen LogP contribution in [0.15, 0.2) is 24.3 Å². The number of imidazole rings is 1. The maximum atomic E-state index is 11.5. The van der Waals surface area contributed by atoms with Gasteiger partial charge in [-0.25, -0.2) is 4.98 Å². The first-order valence-electron chi connectivity index (χ1n) is 5.85. The van der Waals surface area contributed by atoms with Gasteiger partial charge < -0.3 is 10.3 Å². The van der Waals surface area contributed by atoms with Gasteiger partial charge >= 0.3 is 0 Å². The summed E-state index contributed by atoms with van der Waals surface area (Å²) in [6.07, 6.45) is 0.556. The summed E-state index contributed by atoms with van der Waals surface area (Å²) in [7, 11) is 0. The van der Waals surface area contributed by atoms with Crippen molar-refractivity contribution in [2.24, 2.45) is 5.92 Å². The lowest BCUT2D eigenvalue weighted by Crippen LogP contribution is -2.24. The number of para-hydroxylation sites is 2. The smallest absolute Gasteiger partial charge is 0.220 e. The SMILES string of the molecule is CC(C)CC(=O)NCc1nc2ccccc2[nH]1. The minimum absolute atomic E-state index is 0.0699. The number of fused-ring (bicyclic) bond motifs is 1. The summed E-state index contributed by atoms with van der Waals surface area (Å²) < 4.78 is 0. The molecule has 0 spiro atoms. The first-order valence-corrected chi connectivity index (χ1v) is 5.85. The molecule has 2 N–H and O–H groups in total. The summed E-state index contributed by atoms with van der Waals surface area (Å²) in [6, 6.07) is 7.83. The van der Waals surface area contributed by atoms with Crippen LogP contribution in [0.3, 0.4) is 0 Å². The maximum Gasteiger partial charge on any atom is 0.220 e. The number of carbonyl (C=O) groups is 1. The van der Waals surface area contributed by atoms with Crippen LogP contribution in [0.4, 0.5) is 0 Å². The minimum atomic E-state index is 0.0699. The number of amides is 1. The highest BCUT2D eigenvalue weighted by atomic mass is 16.1. The number of nitrogens with one attached hydrogen (secondary N) is 2. The molecule has 2 aromatic rings. The average Bonchev–Trinajstić information content (AvgIpc) is 2.68. The minimum Gasteiger partial charge on any atom is -0.349 e. The van der Waals surface area contributed by atoms with Gasteiger partial charge in [-0.1, -0.05) is 26.0 Å². The number of carbonyl (C=O) groups excluding carboxylic acids is 1. The van der Waals surface area contributed by atoms with Gasteiger partial charge in [0, 0.05) is 6.42 Å². The first kappa shape index (κ1) is 11.6. The van der Waals surface area contributed by atoms with Crippen molar-refractivity contribution in [2.75, 3.05) is 0 Å². The Morgan fingerprint density at radius 3 is 2.88 bits per heavy atom. The number of hydrogen-bond donors (Lipinski definition) is 2. The van der Waals surface area contributed by atoms with Gasteiger partial charge in [0.15, 0.2) is 0 Å². The number of aromatic nitrogens is 2. The van der Waals surface area contributed by atoms with E-state index in [1.807, 2.05) is 38.1 Å². The Hall–Kier alpha value is -1.84. The molecule has 0 atom stereocenters. The van der Waals surface area contributed by atoms with Gasteiger partial charge in [0.2, 0.25) is 5.91 Å². The highest BCUT2D eigenvalue weighted by Crippen LogP contribution is 2.10. The molecule has 0 fully saturated rings. The monoisotopic (exact) mass is 231 g/mol. The van der Waals surface area contributed by atoms with E-state index in [0.29, 0.717) is 18.9 Å². The third kappa shape index (κ3) is 3.06. The second kappa shape index (κ2) is 4.99. The van der Waals surface area contributed by atoms with E-state index < -0.39 is 0 Å². The van der Waals surface area contributed by atoms with Crippen LogP contribution in [0.1, 0.15) is 26.1 Å². The van der Waals surface area contributed by atoms with Crippen molar-refractivity contribution < 1.29 is 4.79 Å². The predicted octanol–water partition coefficient (Wildman–Crippen LogP) is 2.23. The highest BCUT2D eigenvalue weighted by molar-refractivity contribution is 5.77. The molecule has 1 aromatic carbocycles. The Balaban J connectivity index is 1.97. The van der Waals surface area contributed by atoms with E-state index >= 15 is 0 Å². The van der Waals surface area contributed by atoms with Crippen LogP contribution < -0.4 is 5.32 Å². The number of H-pyrrole nitrogens is 1.